The number of nitrogens with zero attached hydrogens (tertiary/aromatic N) is 2. The van der Waals surface area contributed by atoms with Gasteiger partial charge in [0.2, 0.25) is 5.91 Å². The second-order valence-corrected chi connectivity index (χ2v) is 4.40. The van der Waals surface area contributed by atoms with E-state index in [0.717, 1.165) is 12.8 Å². The van der Waals surface area contributed by atoms with E-state index in [9.17, 15) is 4.79 Å². The molecule has 1 aromatic rings. The lowest BCUT2D eigenvalue weighted by atomic mass is 9.95. The van der Waals surface area contributed by atoms with Gasteiger partial charge < -0.3 is 11.1 Å². The monoisotopic (exact) mass is 238 g/mol. The summed E-state index contributed by atoms with van der Waals surface area (Å²) >= 11 is 0. The Bertz CT molecular complexity index is 357. The third-order valence-electron chi connectivity index (χ3n) is 3.10. The molecule has 0 aromatic carbocycles. The van der Waals surface area contributed by atoms with E-state index in [0.29, 0.717) is 11.6 Å². The number of anilines is 1. The quantitative estimate of drug-likeness (QED) is 0.787. The molecule has 0 bridgehead atoms. The summed E-state index contributed by atoms with van der Waals surface area (Å²) in [7, 11) is 0. The van der Waals surface area contributed by atoms with Gasteiger partial charge >= 0.3 is 0 Å². The molecule has 96 valence electrons. The minimum absolute atomic E-state index is 0.0208. The maximum absolute atomic E-state index is 11.8. The van der Waals surface area contributed by atoms with Gasteiger partial charge in [-0.1, -0.05) is 26.7 Å². The lowest BCUT2D eigenvalue weighted by molar-refractivity contribution is -0.122. The van der Waals surface area contributed by atoms with Crippen molar-refractivity contribution in [2.45, 2.75) is 46.2 Å². The van der Waals surface area contributed by atoms with Crippen molar-refractivity contribution >= 4 is 11.6 Å². The van der Waals surface area contributed by atoms with Crippen molar-refractivity contribution in [3.8, 4) is 0 Å². The highest BCUT2D eigenvalue weighted by molar-refractivity contribution is 5.76. The standard InChI is InChI=1S/C12H22N4O/c1-4-10(5-2)9(3)15-12(17)8-16-7-11(13)6-14-16/h6-7,9-10H,4-5,8,13H2,1-3H3,(H,15,17). The molecule has 0 radical (unpaired) electrons. The minimum Gasteiger partial charge on any atom is -0.396 e. The molecule has 3 N–H and O–H groups in total. The van der Waals surface area contributed by atoms with E-state index >= 15 is 0 Å². The summed E-state index contributed by atoms with van der Waals surface area (Å²) in [6.45, 7) is 6.56. The van der Waals surface area contributed by atoms with Crippen molar-refractivity contribution in [2.24, 2.45) is 5.92 Å². The lowest BCUT2D eigenvalue weighted by Crippen LogP contribution is -2.39. The molecular weight excluding hydrogens is 216 g/mol. The van der Waals surface area contributed by atoms with Crippen LogP contribution in [0.2, 0.25) is 0 Å². The molecule has 1 rings (SSSR count). The summed E-state index contributed by atoms with van der Waals surface area (Å²) in [6, 6.07) is 0.199. The summed E-state index contributed by atoms with van der Waals surface area (Å²) < 4.78 is 1.55. The first kappa shape index (κ1) is 13.5. The van der Waals surface area contributed by atoms with Crippen molar-refractivity contribution in [3.05, 3.63) is 12.4 Å². The Morgan fingerprint density at radius 2 is 2.18 bits per heavy atom. The number of nitrogens with two attached hydrogens (primary N) is 1. The molecule has 0 aliphatic carbocycles. The van der Waals surface area contributed by atoms with Gasteiger partial charge in [-0.2, -0.15) is 5.10 Å². The van der Waals surface area contributed by atoms with Crippen molar-refractivity contribution in [1.82, 2.24) is 15.1 Å². The normalized spacial score (nSPS) is 12.7. The number of amides is 1. The van der Waals surface area contributed by atoms with E-state index in [1.165, 1.54) is 6.20 Å². The maximum atomic E-state index is 11.8. The number of hydrogen-bond donors (Lipinski definition) is 2. The number of carbonyl (C=O) groups excluding carboxylic acids is 1. The molecule has 0 aliphatic rings. The highest BCUT2D eigenvalue weighted by Crippen LogP contribution is 2.12. The van der Waals surface area contributed by atoms with Gasteiger partial charge in [0.25, 0.3) is 0 Å². The number of hydrogen-bond acceptors (Lipinski definition) is 3. The summed E-state index contributed by atoms with van der Waals surface area (Å²) in [6.07, 6.45) is 5.35. The molecule has 0 saturated carbocycles. The smallest absolute Gasteiger partial charge is 0.241 e. The van der Waals surface area contributed by atoms with Crippen LogP contribution in [0, 0.1) is 5.92 Å². The summed E-state index contributed by atoms with van der Waals surface area (Å²) in [4.78, 5) is 11.8. The van der Waals surface area contributed by atoms with E-state index in [2.05, 4.69) is 24.3 Å². The molecular formula is C12H22N4O. The van der Waals surface area contributed by atoms with Crippen LogP contribution < -0.4 is 11.1 Å². The van der Waals surface area contributed by atoms with Crippen molar-refractivity contribution in [2.75, 3.05) is 5.73 Å². The molecule has 1 unspecified atom stereocenters. The predicted octanol–water partition coefficient (Wildman–Crippen LogP) is 1.41. The van der Waals surface area contributed by atoms with Gasteiger partial charge in [-0.3, -0.25) is 9.48 Å². The Morgan fingerprint density at radius 3 is 2.65 bits per heavy atom. The van der Waals surface area contributed by atoms with Crippen LogP contribution in [-0.2, 0) is 11.3 Å². The highest BCUT2D eigenvalue weighted by Gasteiger charge is 2.15. The van der Waals surface area contributed by atoms with Crippen LogP contribution in [0.1, 0.15) is 33.6 Å². The van der Waals surface area contributed by atoms with E-state index in [1.807, 2.05) is 6.92 Å². The van der Waals surface area contributed by atoms with Gasteiger partial charge in [-0.25, -0.2) is 0 Å². The van der Waals surface area contributed by atoms with Crippen LogP contribution in [0.5, 0.6) is 0 Å². The van der Waals surface area contributed by atoms with Crippen LogP contribution in [0.25, 0.3) is 0 Å². The van der Waals surface area contributed by atoms with E-state index in [-0.39, 0.29) is 18.5 Å². The van der Waals surface area contributed by atoms with Crippen molar-refractivity contribution in [3.63, 3.8) is 0 Å². The molecule has 0 spiro atoms. The predicted molar refractivity (Wildman–Crippen MR) is 68.3 cm³/mol. The number of carbonyl (C=O) groups is 1. The van der Waals surface area contributed by atoms with Crippen LogP contribution in [-0.4, -0.2) is 21.7 Å². The molecule has 1 aromatic heterocycles. The average molecular weight is 238 g/mol. The van der Waals surface area contributed by atoms with Gasteiger partial charge in [0.05, 0.1) is 11.9 Å². The Hall–Kier alpha value is -1.52. The first-order chi connectivity index (χ1) is 8.06. The van der Waals surface area contributed by atoms with Crippen LogP contribution >= 0.6 is 0 Å². The highest BCUT2D eigenvalue weighted by atomic mass is 16.2. The van der Waals surface area contributed by atoms with Gasteiger partial charge in [-0.05, 0) is 12.8 Å². The Morgan fingerprint density at radius 1 is 1.53 bits per heavy atom. The molecule has 5 nitrogen and oxygen atoms in total. The SMILES string of the molecule is CCC(CC)C(C)NC(=O)Cn1cc(N)cn1. The van der Waals surface area contributed by atoms with Gasteiger partial charge in [0.1, 0.15) is 6.54 Å². The Balaban J connectivity index is 2.44. The average Bonchev–Trinajstić information content (AvgIpc) is 2.65. The molecule has 17 heavy (non-hydrogen) atoms. The Labute approximate surface area is 102 Å². The zero-order valence-corrected chi connectivity index (χ0v) is 10.8. The fraction of sp³-hybridized carbons (Fsp3) is 0.667. The zero-order chi connectivity index (χ0) is 12.8. The number of nitrogen functional groups attached to an aromatic ring is 1. The lowest BCUT2D eigenvalue weighted by Gasteiger charge is -2.22. The Kier molecular flexibility index (Phi) is 5.00. The second-order valence-electron chi connectivity index (χ2n) is 4.40. The third kappa shape index (κ3) is 4.09. The zero-order valence-electron chi connectivity index (χ0n) is 10.8. The fourth-order valence-electron chi connectivity index (χ4n) is 2.03. The fourth-order valence-corrected chi connectivity index (χ4v) is 2.03. The van der Waals surface area contributed by atoms with Gasteiger partial charge in [0, 0.05) is 12.2 Å². The molecule has 0 saturated heterocycles. The molecule has 0 fully saturated rings. The molecule has 1 heterocycles. The van der Waals surface area contributed by atoms with Crippen molar-refractivity contribution in [1.29, 1.82) is 0 Å². The topological polar surface area (TPSA) is 72.9 Å². The maximum Gasteiger partial charge on any atom is 0.241 e. The van der Waals surface area contributed by atoms with Gasteiger partial charge in [-0.15, -0.1) is 0 Å². The molecule has 1 amide bonds. The third-order valence-corrected chi connectivity index (χ3v) is 3.10. The first-order valence-corrected chi connectivity index (χ1v) is 6.14. The summed E-state index contributed by atoms with van der Waals surface area (Å²) in [5.41, 5.74) is 6.11. The molecule has 5 heteroatoms. The molecule has 0 aliphatic heterocycles. The van der Waals surface area contributed by atoms with Crippen LogP contribution in [0.15, 0.2) is 12.4 Å². The van der Waals surface area contributed by atoms with Gasteiger partial charge in [0.15, 0.2) is 0 Å². The van der Waals surface area contributed by atoms with E-state index in [1.54, 1.807) is 10.9 Å². The number of nitrogens with one attached hydrogen (secondary N) is 1. The van der Waals surface area contributed by atoms with Crippen LogP contribution in [0.3, 0.4) is 0 Å². The molecule has 1 atom stereocenters. The van der Waals surface area contributed by atoms with E-state index < -0.39 is 0 Å². The van der Waals surface area contributed by atoms with Crippen LogP contribution in [0.4, 0.5) is 5.69 Å². The number of rotatable bonds is 6. The minimum atomic E-state index is -0.0208. The second kappa shape index (κ2) is 6.27. The summed E-state index contributed by atoms with van der Waals surface area (Å²) in [5, 5.41) is 6.98. The number of aromatic nitrogens is 2. The summed E-state index contributed by atoms with van der Waals surface area (Å²) in [5.74, 6) is 0.508. The largest absolute Gasteiger partial charge is 0.396 e. The first-order valence-electron chi connectivity index (χ1n) is 6.14. The van der Waals surface area contributed by atoms with Crippen molar-refractivity contribution < 1.29 is 4.79 Å². The van der Waals surface area contributed by atoms with E-state index in [4.69, 9.17) is 5.73 Å².